The Hall–Kier alpha value is 1.25. The third-order valence-electron chi connectivity index (χ3n) is 0.829. The van der Waals surface area contributed by atoms with Gasteiger partial charge in [-0.05, 0) is 0 Å². The average molecular weight is 367 g/mol. The standard InChI is InChI=1S/C2HF6NO4S2.Rb/c3-1(4,5)14(10,11)9-15(12,13)2(6,7)8;/h9H;. The fourth-order valence-electron chi connectivity index (χ4n) is 0.239. The maximum atomic E-state index is 11.5. The first-order valence-electron chi connectivity index (χ1n) is 2.62. The summed E-state index contributed by atoms with van der Waals surface area (Å²) >= 11 is 0. The van der Waals surface area contributed by atoms with Crippen molar-refractivity contribution in [3.05, 3.63) is 0 Å². The molecule has 0 bridgehead atoms. The molecule has 0 spiro atoms. The summed E-state index contributed by atoms with van der Waals surface area (Å²) in [4.78, 5) is 0. The summed E-state index contributed by atoms with van der Waals surface area (Å²) in [7, 11) is -13.2. The van der Waals surface area contributed by atoms with E-state index in [1.807, 2.05) is 0 Å². The summed E-state index contributed by atoms with van der Waals surface area (Å²) in [6.07, 6.45) is 0. The first kappa shape index (κ1) is 19.6. The van der Waals surface area contributed by atoms with Gasteiger partial charge < -0.3 is 0 Å². The summed E-state index contributed by atoms with van der Waals surface area (Å²) in [6, 6.07) is 0. The number of hydrogen-bond acceptors (Lipinski definition) is 4. The fourth-order valence-corrected chi connectivity index (χ4v) is 2.15. The van der Waals surface area contributed by atoms with Crippen LogP contribution in [0.2, 0.25) is 0 Å². The minimum Gasteiger partial charge on any atom is -0.202 e. The van der Waals surface area contributed by atoms with Crippen LogP contribution in [0.4, 0.5) is 26.3 Å². The van der Waals surface area contributed by atoms with Crippen molar-refractivity contribution in [2.75, 3.05) is 0 Å². The van der Waals surface area contributed by atoms with Crippen LogP contribution in [0.1, 0.15) is 0 Å². The van der Waals surface area contributed by atoms with Crippen molar-refractivity contribution in [1.82, 2.24) is 4.13 Å². The monoisotopic (exact) mass is 366 g/mol. The Morgan fingerprint density at radius 2 is 0.875 bits per heavy atom. The van der Waals surface area contributed by atoms with Crippen molar-refractivity contribution in [2.24, 2.45) is 0 Å². The number of rotatable bonds is 2. The van der Waals surface area contributed by atoms with Crippen LogP contribution >= 0.6 is 0 Å². The summed E-state index contributed by atoms with van der Waals surface area (Å²) in [5.74, 6) is 0. The molecule has 0 aliphatic rings. The Kier molecular flexibility index (Phi) is 6.71. The van der Waals surface area contributed by atoms with E-state index in [2.05, 4.69) is 0 Å². The first-order valence-corrected chi connectivity index (χ1v) is 5.58. The van der Waals surface area contributed by atoms with Crippen LogP contribution in [0.15, 0.2) is 0 Å². The van der Waals surface area contributed by atoms with E-state index in [1.54, 1.807) is 0 Å². The van der Waals surface area contributed by atoms with Crippen molar-refractivity contribution < 1.29 is 43.2 Å². The maximum Gasteiger partial charge on any atom is 0.512 e. The summed E-state index contributed by atoms with van der Waals surface area (Å²) < 4.78 is 108. The molecule has 0 aromatic rings. The van der Waals surface area contributed by atoms with Gasteiger partial charge in [0.15, 0.2) is 0 Å². The van der Waals surface area contributed by atoms with Gasteiger partial charge in [0.2, 0.25) is 0 Å². The Balaban J connectivity index is 0. The number of nitrogens with one attached hydrogen (secondary N) is 1. The SMILES string of the molecule is O=S(=O)(NS(=O)(=O)C(F)(F)F)C(F)(F)F.[Rb]. The number of halogens is 6. The molecule has 1 N–H and O–H groups in total. The molecule has 14 heteroatoms. The number of alkyl halides is 6. The van der Waals surface area contributed by atoms with Gasteiger partial charge in [0.1, 0.15) is 0 Å². The zero-order valence-electron chi connectivity index (χ0n) is 7.22. The fraction of sp³-hybridized carbons (Fsp3) is 1.00. The van der Waals surface area contributed by atoms with Crippen LogP contribution in [0.3, 0.4) is 0 Å². The summed E-state index contributed by atoms with van der Waals surface area (Å²) in [6.45, 7) is 0. The van der Waals surface area contributed by atoms with Crippen molar-refractivity contribution in [3.8, 4) is 0 Å². The quantitative estimate of drug-likeness (QED) is 0.692. The van der Waals surface area contributed by atoms with E-state index < -0.39 is 35.2 Å². The second-order valence-electron chi connectivity index (χ2n) is 1.98. The van der Waals surface area contributed by atoms with Crippen molar-refractivity contribution >= 4 is 78.2 Å². The molecule has 16 heavy (non-hydrogen) atoms. The van der Waals surface area contributed by atoms with Gasteiger partial charge in [-0.3, -0.25) is 0 Å². The Morgan fingerprint density at radius 3 is 1.00 bits per heavy atom. The smallest absolute Gasteiger partial charge is 0.202 e. The minimum atomic E-state index is -6.60. The van der Waals surface area contributed by atoms with Gasteiger partial charge in [-0.15, -0.1) is 0 Å². The van der Waals surface area contributed by atoms with Crippen LogP contribution in [0.25, 0.3) is 0 Å². The van der Waals surface area contributed by atoms with Crippen LogP contribution in [-0.2, 0) is 20.0 Å². The van der Waals surface area contributed by atoms with Gasteiger partial charge in [-0.1, -0.05) is 4.13 Å². The van der Waals surface area contributed by atoms with Crippen LogP contribution in [0, 0.1) is 0 Å². The molecule has 0 aromatic carbocycles. The van der Waals surface area contributed by atoms with Gasteiger partial charge >= 0.3 is 31.1 Å². The van der Waals surface area contributed by atoms with Crippen LogP contribution in [-0.4, -0.2) is 86.0 Å². The first-order chi connectivity index (χ1) is 6.21. The second kappa shape index (κ2) is 5.48. The predicted molar refractivity (Wildman–Crippen MR) is 38.8 cm³/mol. The van der Waals surface area contributed by atoms with Crippen molar-refractivity contribution in [3.63, 3.8) is 0 Å². The molecule has 5 nitrogen and oxygen atoms in total. The third-order valence-corrected chi connectivity index (χ3v) is 3.80. The Bertz CT molecular complexity index is 390. The van der Waals surface area contributed by atoms with E-state index in [0.717, 1.165) is 0 Å². The maximum absolute atomic E-state index is 11.5. The van der Waals surface area contributed by atoms with Gasteiger partial charge in [-0.25, -0.2) is 16.8 Å². The molecule has 0 unspecified atom stereocenters. The molecule has 0 saturated heterocycles. The topological polar surface area (TPSA) is 80.3 Å². The molecule has 0 amide bonds. The molecule has 0 aromatic heterocycles. The molecule has 0 heterocycles. The van der Waals surface area contributed by atoms with Gasteiger partial charge in [0, 0.05) is 58.2 Å². The second-order valence-corrected chi connectivity index (χ2v) is 5.59. The minimum absolute atomic E-state index is 0. The Morgan fingerprint density at radius 1 is 0.688 bits per heavy atom. The molecule has 0 aliphatic heterocycles. The molecular weight excluding hydrogens is 366 g/mol. The van der Waals surface area contributed by atoms with Gasteiger partial charge in [-0.2, -0.15) is 26.3 Å². The van der Waals surface area contributed by atoms with Gasteiger partial charge in [0.25, 0.3) is 0 Å². The largest absolute Gasteiger partial charge is 0.512 e. The molecule has 0 atom stereocenters. The van der Waals surface area contributed by atoms with E-state index in [1.165, 1.54) is 0 Å². The van der Waals surface area contributed by atoms with E-state index in [4.69, 9.17) is 0 Å². The molecule has 0 aliphatic carbocycles. The molecule has 0 fully saturated rings. The average Bonchev–Trinajstić information content (AvgIpc) is 1.77. The zero-order chi connectivity index (χ0) is 12.7. The van der Waals surface area contributed by atoms with Crippen LogP contribution in [0.5, 0.6) is 0 Å². The molecule has 0 saturated carbocycles. The summed E-state index contributed by atoms with van der Waals surface area (Å²) in [5.41, 5.74) is -12.3. The zero-order valence-corrected chi connectivity index (χ0v) is 13.8. The number of hydrogen-bond donors (Lipinski definition) is 1. The van der Waals surface area contributed by atoms with Crippen LogP contribution < -0.4 is 4.13 Å². The normalized spacial score (nSPS) is 14.4. The van der Waals surface area contributed by atoms with E-state index in [9.17, 15) is 43.2 Å². The molecule has 1 radical (unpaired) electrons. The van der Waals surface area contributed by atoms with E-state index in [0.29, 0.717) is 0 Å². The molecule has 93 valence electrons. The number of sulfonamides is 2. The third kappa shape index (κ3) is 4.85. The van der Waals surface area contributed by atoms with E-state index in [-0.39, 0.29) is 58.2 Å². The Labute approximate surface area is 134 Å². The summed E-state index contributed by atoms with van der Waals surface area (Å²) in [5, 5.41) is 0. The van der Waals surface area contributed by atoms with Crippen molar-refractivity contribution in [1.29, 1.82) is 0 Å². The van der Waals surface area contributed by atoms with Crippen molar-refractivity contribution in [2.45, 2.75) is 11.0 Å². The van der Waals surface area contributed by atoms with E-state index >= 15 is 0 Å². The molecular formula is C2HF6NO4RbS2. The predicted octanol–water partition coefficient (Wildman–Crippen LogP) is -0.106. The van der Waals surface area contributed by atoms with Gasteiger partial charge in [0.05, 0.1) is 0 Å². The molecule has 0 rings (SSSR count).